The van der Waals surface area contributed by atoms with Gasteiger partial charge in [0.2, 0.25) is 5.95 Å². The number of anilines is 2. The van der Waals surface area contributed by atoms with Gasteiger partial charge in [-0.2, -0.15) is 0 Å². The van der Waals surface area contributed by atoms with Gasteiger partial charge in [-0.05, 0) is 37.3 Å². The molecule has 9 heteroatoms. The molecule has 0 spiro atoms. The average Bonchev–Trinajstić information content (AvgIpc) is 2.90. The van der Waals surface area contributed by atoms with Gasteiger partial charge in [-0.1, -0.05) is 32.0 Å². The van der Waals surface area contributed by atoms with E-state index < -0.39 is 0 Å². The zero-order chi connectivity index (χ0) is 25.7. The number of carbonyl (C=O) groups excluding carboxylic acids is 1. The largest absolute Gasteiger partial charge is 0.370 e. The molecule has 0 aliphatic rings. The first-order valence-electron chi connectivity index (χ1n) is 12.1. The highest BCUT2D eigenvalue weighted by Crippen LogP contribution is 2.31. The number of hydrogen-bond acceptors (Lipinski definition) is 8. The number of aromatic nitrogens is 5. The maximum atomic E-state index is 12.3. The van der Waals surface area contributed by atoms with Gasteiger partial charge < -0.3 is 16.0 Å². The summed E-state index contributed by atoms with van der Waals surface area (Å²) in [6.45, 7) is 9.16. The Kier molecular flexibility index (Phi) is 7.68. The van der Waals surface area contributed by atoms with E-state index in [0.29, 0.717) is 18.1 Å². The normalized spacial score (nSPS) is 12.8. The topological polar surface area (TPSA) is 118 Å². The molecule has 186 valence electrons. The van der Waals surface area contributed by atoms with Crippen molar-refractivity contribution in [3.05, 3.63) is 66.4 Å². The summed E-state index contributed by atoms with van der Waals surface area (Å²) in [7, 11) is 1.64. The predicted molar refractivity (Wildman–Crippen MR) is 143 cm³/mol. The number of nitrogens with one attached hydrogen (secondary N) is 3. The summed E-state index contributed by atoms with van der Waals surface area (Å²) in [6, 6.07) is 9.95. The first kappa shape index (κ1) is 25.0. The minimum Gasteiger partial charge on any atom is -0.370 e. The van der Waals surface area contributed by atoms with Crippen LogP contribution >= 0.6 is 0 Å². The second-order valence-electron chi connectivity index (χ2n) is 9.21. The van der Waals surface area contributed by atoms with Crippen molar-refractivity contribution in [2.45, 2.75) is 39.7 Å². The van der Waals surface area contributed by atoms with E-state index in [1.807, 2.05) is 32.0 Å². The van der Waals surface area contributed by atoms with Crippen molar-refractivity contribution in [3.63, 3.8) is 0 Å². The van der Waals surface area contributed by atoms with Gasteiger partial charge in [-0.25, -0.2) is 19.9 Å². The van der Waals surface area contributed by atoms with E-state index in [4.69, 9.17) is 0 Å². The molecule has 1 amide bonds. The Hall–Kier alpha value is -4.14. The summed E-state index contributed by atoms with van der Waals surface area (Å²) in [4.78, 5) is 34.4. The summed E-state index contributed by atoms with van der Waals surface area (Å²) >= 11 is 0. The summed E-state index contributed by atoms with van der Waals surface area (Å²) in [5.74, 6) is 1.68. The Bertz CT molecular complexity index is 1340. The predicted octanol–water partition coefficient (Wildman–Crippen LogP) is 4.51. The second kappa shape index (κ2) is 11.1. The third-order valence-corrected chi connectivity index (χ3v) is 6.26. The first-order chi connectivity index (χ1) is 17.4. The molecule has 0 radical (unpaired) electrons. The molecule has 0 fully saturated rings. The van der Waals surface area contributed by atoms with Crippen molar-refractivity contribution >= 4 is 28.6 Å². The Morgan fingerprint density at radius 1 is 0.972 bits per heavy atom. The van der Waals surface area contributed by atoms with Crippen molar-refractivity contribution in [1.29, 1.82) is 0 Å². The van der Waals surface area contributed by atoms with Crippen LogP contribution in [0.25, 0.3) is 22.2 Å². The summed E-state index contributed by atoms with van der Waals surface area (Å²) < 4.78 is 0. The lowest BCUT2D eigenvalue weighted by Gasteiger charge is -2.22. The lowest BCUT2D eigenvalue weighted by molar-refractivity contribution is 0.0964. The number of nitrogens with zero attached hydrogens (tertiary/aromatic N) is 5. The average molecular weight is 485 g/mol. The molecular weight excluding hydrogens is 452 g/mol. The molecule has 3 heterocycles. The molecule has 3 aromatic heterocycles. The van der Waals surface area contributed by atoms with E-state index >= 15 is 0 Å². The van der Waals surface area contributed by atoms with Crippen molar-refractivity contribution in [1.82, 2.24) is 30.2 Å². The van der Waals surface area contributed by atoms with Crippen LogP contribution in [0.5, 0.6) is 0 Å². The third-order valence-electron chi connectivity index (χ3n) is 6.26. The van der Waals surface area contributed by atoms with Crippen LogP contribution in [0.15, 0.2) is 55.2 Å². The van der Waals surface area contributed by atoms with Crippen molar-refractivity contribution in [2.24, 2.45) is 5.92 Å². The SMILES string of the molecule is CNC(=O)c1ccnc2c(C(C)C(C)CNc3cc(-c4cnc(NC(C)C)nc4)ncn3)cccc12. The molecule has 0 saturated heterocycles. The van der Waals surface area contributed by atoms with Crippen molar-refractivity contribution in [3.8, 4) is 11.3 Å². The molecule has 36 heavy (non-hydrogen) atoms. The molecule has 2 atom stereocenters. The van der Waals surface area contributed by atoms with Crippen LogP contribution in [0.3, 0.4) is 0 Å². The van der Waals surface area contributed by atoms with Gasteiger partial charge in [0.05, 0.1) is 16.8 Å². The number of para-hydroxylation sites is 1. The molecule has 4 aromatic rings. The monoisotopic (exact) mass is 484 g/mol. The quantitative estimate of drug-likeness (QED) is 0.318. The molecule has 0 bridgehead atoms. The van der Waals surface area contributed by atoms with Crippen LogP contribution in [0.4, 0.5) is 11.8 Å². The van der Waals surface area contributed by atoms with E-state index in [2.05, 4.69) is 60.8 Å². The third kappa shape index (κ3) is 5.56. The Labute approximate surface area is 211 Å². The maximum absolute atomic E-state index is 12.3. The second-order valence-corrected chi connectivity index (χ2v) is 9.21. The highest BCUT2D eigenvalue weighted by molar-refractivity contribution is 6.06. The van der Waals surface area contributed by atoms with Crippen LogP contribution in [-0.4, -0.2) is 50.5 Å². The Morgan fingerprint density at radius 3 is 2.47 bits per heavy atom. The zero-order valence-corrected chi connectivity index (χ0v) is 21.3. The van der Waals surface area contributed by atoms with Gasteiger partial charge in [0.15, 0.2) is 0 Å². The molecule has 0 aliphatic carbocycles. The number of carbonyl (C=O) groups is 1. The Balaban J connectivity index is 1.47. The molecule has 3 N–H and O–H groups in total. The van der Waals surface area contributed by atoms with Crippen molar-refractivity contribution in [2.75, 3.05) is 24.2 Å². The fraction of sp³-hybridized carbons (Fsp3) is 0.333. The summed E-state index contributed by atoms with van der Waals surface area (Å²) in [6.07, 6.45) is 6.76. The number of pyridine rings is 1. The summed E-state index contributed by atoms with van der Waals surface area (Å²) in [5.41, 5.74) is 4.18. The molecule has 0 saturated carbocycles. The van der Waals surface area contributed by atoms with Crippen LogP contribution in [-0.2, 0) is 0 Å². The van der Waals surface area contributed by atoms with Gasteiger partial charge >= 0.3 is 0 Å². The maximum Gasteiger partial charge on any atom is 0.251 e. The van der Waals surface area contributed by atoms with Gasteiger partial charge in [-0.15, -0.1) is 0 Å². The fourth-order valence-corrected chi connectivity index (χ4v) is 4.05. The summed E-state index contributed by atoms with van der Waals surface area (Å²) in [5, 5.41) is 10.2. The Morgan fingerprint density at radius 2 is 1.75 bits per heavy atom. The van der Waals surface area contributed by atoms with Crippen LogP contribution in [0.1, 0.15) is 49.5 Å². The van der Waals surface area contributed by atoms with Crippen LogP contribution in [0, 0.1) is 5.92 Å². The molecule has 2 unspecified atom stereocenters. The van der Waals surface area contributed by atoms with E-state index in [9.17, 15) is 4.79 Å². The fourth-order valence-electron chi connectivity index (χ4n) is 4.05. The highest BCUT2D eigenvalue weighted by atomic mass is 16.1. The minimum atomic E-state index is -0.113. The number of fused-ring (bicyclic) bond motifs is 1. The number of hydrogen-bond donors (Lipinski definition) is 3. The lowest BCUT2D eigenvalue weighted by atomic mass is 9.87. The van der Waals surface area contributed by atoms with Gasteiger partial charge in [0.1, 0.15) is 12.1 Å². The van der Waals surface area contributed by atoms with E-state index in [-0.39, 0.29) is 23.8 Å². The van der Waals surface area contributed by atoms with Crippen molar-refractivity contribution < 1.29 is 4.79 Å². The van der Waals surface area contributed by atoms with E-state index in [0.717, 1.165) is 33.5 Å². The molecule has 1 aromatic carbocycles. The van der Waals surface area contributed by atoms with Crippen LogP contribution in [0.2, 0.25) is 0 Å². The lowest BCUT2D eigenvalue weighted by Crippen LogP contribution is -2.19. The number of amides is 1. The number of rotatable bonds is 9. The smallest absolute Gasteiger partial charge is 0.251 e. The molecular formula is C27H32N8O. The van der Waals surface area contributed by atoms with E-state index in [1.54, 1.807) is 38.0 Å². The minimum absolute atomic E-state index is 0.113. The first-order valence-corrected chi connectivity index (χ1v) is 12.1. The van der Waals surface area contributed by atoms with Gasteiger partial charge in [-0.3, -0.25) is 9.78 Å². The van der Waals surface area contributed by atoms with Crippen LogP contribution < -0.4 is 16.0 Å². The van der Waals surface area contributed by atoms with Gasteiger partial charge in [0, 0.05) is 55.2 Å². The molecule has 9 nitrogen and oxygen atoms in total. The number of benzene rings is 1. The highest BCUT2D eigenvalue weighted by Gasteiger charge is 2.19. The molecule has 4 rings (SSSR count). The van der Waals surface area contributed by atoms with Gasteiger partial charge in [0.25, 0.3) is 5.91 Å². The van der Waals surface area contributed by atoms with E-state index in [1.165, 1.54) is 0 Å². The zero-order valence-electron chi connectivity index (χ0n) is 21.3. The molecule has 0 aliphatic heterocycles. The standard InChI is InChI=1S/C27H32N8O/c1-16(2)35-27-31-13-19(14-32-27)23-11-24(34-15-33-23)30-12-17(3)18(4)20-7-6-8-21-22(26(36)28-5)9-10-29-25(20)21/h6-11,13-18H,12H2,1-5H3,(H,28,36)(H,30,33,34)(H,31,32,35).